The lowest BCUT2D eigenvalue weighted by atomic mass is 10.3. The number of unbranched alkanes of at least 4 members (excludes halogenated alkanes) is 1. The summed E-state index contributed by atoms with van der Waals surface area (Å²) in [5, 5.41) is 0. The van der Waals surface area contributed by atoms with Crippen molar-refractivity contribution in [2.45, 2.75) is 19.8 Å². The highest BCUT2D eigenvalue weighted by Crippen LogP contribution is 2.33. The van der Waals surface area contributed by atoms with Crippen LogP contribution in [0.3, 0.4) is 0 Å². The van der Waals surface area contributed by atoms with E-state index in [1.54, 1.807) is 13.2 Å². The van der Waals surface area contributed by atoms with Crippen molar-refractivity contribution in [3.8, 4) is 23.1 Å². The molecule has 6 heteroatoms. The Kier molecular flexibility index (Phi) is 5.71. The van der Waals surface area contributed by atoms with Crippen molar-refractivity contribution < 1.29 is 19.0 Å². The van der Waals surface area contributed by atoms with Crippen molar-refractivity contribution in [2.24, 2.45) is 0 Å². The first kappa shape index (κ1) is 15.8. The number of aldehydes is 1. The van der Waals surface area contributed by atoms with Gasteiger partial charge in [-0.15, -0.1) is 0 Å². The van der Waals surface area contributed by atoms with Gasteiger partial charge in [-0.2, -0.15) is 4.98 Å². The predicted molar refractivity (Wildman–Crippen MR) is 80.6 cm³/mol. The van der Waals surface area contributed by atoms with Crippen molar-refractivity contribution in [1.29, 1.82) is 0 Å². The fourth-order valence-corrected chi connectivity index (χ4v) is 1.78. The third-order valence-corrected chi connectivity index (χ3v) is 2.92. The highest BCUT2D eigenvalue weighted by atomic mass is 16.5. The van der Waals surface area contributed by atoms with Crippen LogP contribution in [0.15, 0.2) is 30.6 Å². The molecule has 6 nitrogen and oxygen atoms in total. The summed E-state index contributed by atoms with van der Waals surface area (Å²) in [6, 6.07) is 7.24. The minimum absolute atomic E-state index is 0.362. The molecule has 0 unspecified atom stereocenters. The van der Waals surface area contributed by atoms with E-state index in [1.807, 2.05) is 25.1 Å². The molecule has 1 aromatic heterocycles. The summed E-state index contributed by atoms with van der Waals surface area (Å²) in [7, 11) is 1.59. The maximum absolute atomic E-state index is 10.3. The molecule has 0 saturated heterocycles. The average molecular weight is 302 g/mol. The molecule has 0 bridgehead atoms. The van der Waals surface area contributed by atoms with E-state index in [1.165, 1.54) is 6.33 Å². The maximum atomic E-state index is 10.3. The summed E-state index contributed by atoms with van der Waals surface area (Å²) in [5.74, 6) is 2.12. The van der Waals surface area contributed by atoms with Gasteiger partial charge in [0.25, 0.3) is 5.88 Å². The van der Waals surface area contributed by atoms with Crippen molar-refractivity contribution in [1.82, 2.24) is 9.97 Å². The summed E-state index contributed by atoms with van der Waals surface area (Å²) in [6.07, 6.45) is 3.37. The Bertz CT molecular complexity index is 631. The van der Waals surface area contributed by atoms with Crippen LogP contribution in [0.2, 0.25) is 0 Å². The zero-order valence-electron chi connectivity index (χ0n) is 12.6. The van der Waals surface area contributed by atoms with Crippen LogP contribution < -0.4 is 14.2 Å². The van der Waals surface area contributed by atoms with Crippen molar-refractivity contribution >= 4 is 6.29 Å². The molecule has 0 aliphatic heterocycles. The quantitative estimate of drug-likeness (QED) is 0.551. The molecular weight excluding hydrogens is 284 g/mol. The van der Waals surface area contributed by atoms with Gasteiger partial charge >= 0.3 is 0 Å². The molecule has 0 N–H and O–H groups in total. The zero-order valence-corrected chi connectivity index (χ0v) is 12.6. The summed E-state index contributed by atoms with van der Waals surface area (Å²) in [5.41, 5.74) is 0.670. The number of nitrogens with zero attached hydrogens (tertiary/aromatic N) is 2. The van der Waals surface area contributed by atoms with Crippen LogP contribution in [0.4, 0.5) is 0 Å². The summed E-state index contributed by atoms with van der Waals surface area (Å²) >= 11 is 0. The Hall–Kier alpha value is -2.63. The average Bonchev–Trinajstić information content (AvgIpc) is 2.54. The van der Waals surface area contributed by atoms with Gasteiger partial charge in [-0.25, -0.2) is 4.98 Å². The Morgan fingerprint density at radius 1 is 1.23 bits per heavy atom. The topological polar surface area (TPSA) is 70.5 Å². The Morgan fingerprint density at radius 3 is 2.82 bits per heavy atom. The van der Waals surface area contributed by atoms with Crippen molar-refractivity contribution in [3.05, 3.63) is 36.3 Å². The second-order valence-corrected chi connectivity index (χ2v) is 4.53. The van der Waals surface area contributed by atoms with E-state index in [9.17, 15) is 4.79 Å². The first-order valence-electron chi connectivity index (χ1n) is 6.94. The lowest BCUT2D eigenvalue weighted by Gasteiger charge is -2.13. The third kappa shape index (κ3) is 4.18. The van der Waals surface area contributed by atoms with E-state index in [4.69, 9.17) is 14.2 Å². The zero-order chi connectivity index (χ0) is 15.8. The summed E-state index contributed by atoms with van der Waals surface area (Å²) in [6.45, 7) is 2.21. The van der Waals surface area contributed by atoms with Crippen molar-refractivity contribution in [2.75, 3.05) is 13.7 Å². The van der Waals surface area contributed by atoms with Crippen LogP contribution >= 0.6 is 0 Å². The Morgan fingerprint density at radius 2 is 2.05 bits per heavy atom. The smallest absolute Gasteiger partial charge is 0.261 e. The summed E-state index contributed by atoms with van der Waals surface area (Å²) in [4.78, 5) is 18.5. The molecule has 0 atom stereocenters. The van der Waals surface area contributed by atoms with Gasteiger partial charge in [-0.1, -0.05) is 6.07 Å². The van der Waals surface area contributed by atoms with Crippen LogP contribution in [-0.2, 0) is 4.79 Å². The molecule has 0 radical (unpaired) electrons. The van der Waals surface area contributed by atoms with Gasteiger partial charge in [0.05, 0.1) is 19.4 Å². The monoisotopic (exact) mass is 302 g/mol. The lowest BCUT2D eigenvalue weighted by molar-refractivity contribution is -0.108. The molecular formula is C16H18N2O4. The van der Waals surface area contributed by atoms with E-state index in [-0.39, 0.29) is 0 Å². The lowest BCUT2D eigenvalue weighted by Crippen LogP contribution is -2.03. The van der Waals surface area contributed by atoms with Gasteiger partial charge in [0, 0.05) is 12.5 Å². The van der Waals surface area contributed by atoms with E-state index >= 15 is 0 Å². The van der Waals surface area contributed by atoms with E-state index in [0.29, 0.717) is 48.3 Å². The number of ether oxygens (including phenoxy) is 3. The van der Waals surface area contributed by atoms with Crippen molar-refractivity contribution in [3.63, 3.8) is 0 Å². The minimum atomic E-state index is 0.362. The second kappa shape index (κ2) is 7.97. The van der Waals surface area contributed by atoms with E-state index in [2.05, 4.69) is 9.97 Å². The highest BCUT2D eigenvalue weighted by Gasteiger charge is 2.13. The van der Waals surface area contributed by atoms with Crippen LogP contribution in [0.1, 0.15) is 18.5 Å². The first-order valence-corrected chi connectivity index (χ1v) is 6.94. The molecule has 0 spiro atoms. The van der Waals surface area contributed by atoms with Gasteiger partial charge in [-0.3, -0.25) is 0 Å². The number of aromatic nitrogens is 2. The number of rotatable bonds is 8. The summed E-state index contributed by atoms with van der Waals surface area (Å²) < 4.78 is 16.6. The molecule has 0 saturated carbocycles. The first-order chi connectivity index (χ1) is 10.7. The molecule has 1 aromatic carbocycles. The van der Waals surface area contributed by atoms with E-state index in [0.717, 1.165) is 6.29 Å². The number of hydrogen-bond donors (Lipinski definition) is 0. The van der Waals surface area contributed by atoms with Crippen LogP contribution in [0.25, 0.3) is 0 Å². The highest BCUT2D eigenvalue weighted by molar-refractivity contribution is 5.49. The second-order valence-electron chi connectivity index (χ2n) is 4.53. The number of aryl methyl sites for hydroxylation is 1. The molecule has 0 amide bonds. The van der Waals surface area contributed by atoms with E-state index < -0.39 is 0 Å². The Balaban J connectivity index is 2.16. The molecule has 116 valence electrons. The number of methoxy groups -OCH3 is 1. The van der Waals surface area contributed by atoms with Crippen LogP contribution in [0, 0.1) is 6.92 Å². The minimum Gasteiger partial charge on any atom is -0.497 e. The van der Waals surface area contributed by atoms with Gasteiger partial charge in [-0.05, 0) is 25.5 Å². The fourth-order valence-electron chi connectivity index (χ4n) is 1.78. The molecule has 0 aliphatic carbocycles. The normalized spacial score (nSPS) is 10.1. The van der Waals surface area contributed by atoms with Crippen LogP contribution in [0.5, 0.6) is 23.1 Å². The van der Waals surface area contributed by atoms with Crippen LogP contribution in [-0.4, -0.2) is 30.0 Å². The SMILES string of the molecule is COc1cccc(Oc2c(C)ncnc2OCCCC=O)c1. The van der Waals surface area contributed by atoms with Gasteiger partial charge in [0.15, 0.2) is 0 Å². The molecule has 22 heavy (non-hydrogen) atoms. The number of hydrogen-bond acceptors (Lipinski definition) is 6. The largest absolute Gasteiger partial charge is 0.497 e. The number of benzene rings is 1. The molecule has 0 aliphatic rings. The Labute approximate surface area is 129 Å². The molecule has 0 fully saturated rings. The standard InChI is InChI=1S/C16H18N2O4/c1-12-15(22-14-7-5-6-13(10-14)20-2)16(18-11-17-12)21-9-4-3-8-19/h5-8,10-11H,3-4,9H2,1-2H3. The predicted octanol–water partition coefficient (Wildman–Crippen LogP) is 2.94. The molecule has 1 heterocycles. The molecule has 2 rings (SSSR count). The number of carbonyl (C=O) groups is 1. The fraction of sp³-hybridized carbons (Fsp3) is 0.312. The molecule has 2 aromatic rings. The number of carbonyl (C=O) groups excluding carboxylic acids is 1. The van der Waals surface area contributed by atoms with Gasteiger partial charge in [0.2, 0.25) is 5.75 Å². The third-order valence-electron chi connectivity index (χ3n) is 2.92. The van der Waals surface area contributed by atoms with Gasteiger partial charge in [0.1, 0.15) is 24.1 Å². The van der Waals surface area contributed by atoms with Gasteiger partial charge < -0.3 is 19.0 Å². The maximum Gasteiger partial charge on any atom is 0.261 e.